The van der Waals surface area contributed by atoms with Crippen LogP contribution in [0.15, 0.2) is 23.6 Å². The van der Waals surface area contributed by atoms with Crippen LogP contribution >= 0.6 is 0 Å². The number of phenols is 1. The topological polar surface area (TPSA) is 107 Å². The molecule has 0 aliphatic carbocycles. The van der Waals surface area contributed by atoms with Gasteiger partial charge in [0.15, 0.2) is 5.75 Å². The number of phenolic OH excluding ortho intramolecular Hbond substituents is 1. The van der Waals surface area contributed by atoms with Crippen molar-refractivity contribution in [2.45, 2.75) is 6.92 Å². The molecule has 0 radical (unpaired) electrons. The van der Waals surface area contributed by atoms with E-state index < -0.39 is 26.5 Å². The van der Waals surface area contributed by atoms with Gasteiger partial charge in [0.2, 0.25) is 0 Å². The minimum Gasteiger partial charge on any atom is -0.502 e. The monoisotopic (exact) mass is 273 g/mol. The summed E-state index contributed by atoms with van der Waals surface area (Å²) in [4.78, 5) is 9.80. The van der Waals surface area contributed by atoms with Crippen molar-refractivity contribution >= 4 is 21.9 Å². The van der Waals surface area contributed by atoms with Crippen LogP contribution in [-0.4, -0.2) is 25.1 Å². The maximum atomic E-state index is 11.2. The normalized spacial score (nSPS) is 11.8. The molecule has 0 fully saturated rings. The van der Waals surface area contributed by atoms with Gasteiger partial charge >= 0.3 is 5.69 Å². The summed E-state index contributed by atoms with van der Waals surface area (Å²) in [5.74, 6) is -0.482. The molecule has 0 aliphatic heterocycles. The minimum absolute atomic E-state index is 0.00238. The molecule has 0 amide bonds. The van der Waals surface area contributed by atoms with Gasteiger partial charge in [-0.3, -0.25) is 14.3 Å². The molecule has 1 aromatic carbocycles. The van der Waals surface area contributed by atoms with E-state index in [1.807, 2.05) is 0 Å². The van der Waals surface area contributed by atoms with Gasteiger partial charge in [0.1, 0.15) is 0 Å². The van der Waals surface area contributed by atoms with Crippen molar-refractivity contribution < 1.29 is 22.6 Å². The molecule has 0 heterocycles. The van der Waals surface area contributed by atoms with Gasteiger partial charge in [-0.2, -0.15) is 8.42 Å². The van der Waals surface area contributed by atoms with Gasteiger partial charge in [-0.15, -0.1) is 0 Å². The van der Waals surface area contributed by atoms with Crippen LogP contribution in [0.3, 0.4) is 0 Å². The molecule has 0 bridgehead atoms. The van der Waals surface area contributed by atoms with Gasteiger partial charge in [0, 0.05) is 6.07 Å². The lowest BCUT2D eigenvalue weighted by Gasteiger charge is -1.98. The lowest BCUT2D eigenvalue weighted by atomic mass is 10.2. The third-order valence-corrected chi connectivity index (χ3v) is 2.94. The van der Waals surface area contributed by atoms with Crippen LogP contribution in [0.2, 0.25) is 0 Å². The Bertz CT molecular complexity index is 578. The number of rotatable bonds is 5. The molecule has 0 spiro atoms. The van der Waals surface area contributed by atoms with Gasteiger partial charge in [-0.05, 0) is 24.6 Å². The highest BCUT2D eigenvalue weighted by molar-refractivity contribution is 7.89. The zero-order valence-corrected chi connectivity index (χ0v) is 10.3. The van der Waals surface area contributed by atoms with E-state index in [0.29, 0.717) is 0 Å². The van der Waals surface area contributed by atoms with Crippen molar-refractivity contribution in [3.63, 3.8) is 0 Å². The summed E-state index contributed by atoms with van der Waals surface area (Å²) in [5, 5.41) is 20.6. The fourth-order valence-corrected chi connectivity index (χ4v) is 1.89. The molecule has 0 aliphatic rings. The number of nitro benzene ring substituents is 1. The highest BCUT2D eigenvalue weighted by Gasteiger charge is 2.13. The first-order valence-electron chi connectivity index (χ1n) is 4.90. The van der Waals surface area contributed by atoms with Crippen molar-refractivity contribution in [1.29, 1.82) is 0 Å². The summed E-state index contributed by atoms with van der Waals surface area (Å²) in [6, 6.07) is 3.53. The van der Waals surface area contributed by atoms with E-state index >= 15 is 0 Å². The molecule has 0 aromatic heterocycles. The number of hydrogen-bond acceptors (Lipinski definition) is 6. The maximum Gasteiger partial charge on any atom is 0.311 e. The van der Waals surface area contributed by atoms with Crippen LogP contribution in [0, 0.1) is 10.1 Å². The maximum absolute atomic E-state index is 11.2. The molecule has 7 nitrogen and oxygen atoms in total. The number of nitrogens with zero attached hydrogens (tertiary/aromatic N) is 1. The zero-order chi connectivity index (χ0) is 13.8. The molecule has 18 heavy (non-hydrogen) atoms. The van der Waals surface area contributed by atoms with Crippen LogP contribution < -0.4 is 0 Å². The van der Waals surface area contributed by atoms with E-state index in [0.717, 1.165) is 23.6 Å². The van der Waals surface area contributed by atoms with Crippen LogP contribution in [0.4, 0.5) is 5.69 Å². The summed E-state index contributed by atoms with van der Waals surface area (Å²) >= 11 is 0. The van der Waals surface area contributed by atoms with Gasteiger partial charge in [-0.25, -0.2) is 0 Å². The molecule has 0 saturated heterocycles. The van der Waals surface area contributed by atoms with E-state index in [1.165, 1.54) is 13.0 Å². The number of aromatic hydroxyl groups is 1. The van der Waals surface area contributed by atoms with Crippen LogP contribution in [-0.2, 0) is 14.3 Å². The summed E-state index contributed by atoms with van der Waals surface area (Å²) in [6.45, 7) is 1.53. The average Bonchev–Trinajstić information content (AvgIpc) is 2.27. The Morgan fingerprint density at radius 1 is 1.50 bits per heavy atom. The average molecular weight is 273 g/mol. The second-order valence-electron chi connectivity index (χ2n) is 3.21. The van der Waals surface area contributed by atoms with E-state index in [9.17, 15) is 23.6 Å². The van der Waals surface area contributed by atoms with Gasteiger partial charge in [-0.1, -0.05) is 6.07 Å². The molecule has 1 rings (SSSR count). The van der Waals surface area contributed by atoms with Crippen molar-refractivity contribution in [2.24, 2.45) is 0 Å². The summed E-state index contributed by atoms with van der Waals surface area (Å²) in [6.07, 6.45) is 1.15. The van der Waals surface area contributed by atoms with Crippen molar-refractivity contribution in [3.8, 4) is 5.75 Å². The smallest absolute Gasteiger partial charge is 0.311 e. The van der Waals surface area contributed by atoms with E-state index in [1.54, 1.807) is 0 Å². The predicted molar refractivity (Wildman–Crippen MR) is 64.3 cm³/mol. The second-order valence-corrected chi connectivity index (χ2v) is 4.70. The summed E-state index contributed by atoms with van der Waals surface area (Å²) in [7, 11) is -3.79. The number of hydrogen-bond donors (Lipinski definition) is 1. The van der Waals surface area contributed by atoms with E-state index in [-0.39, 0.29) is 12.2 Å². The fourth-order valence-electron chi connectivity index (χ4n) is 1.16. The van der Waals surface area contributed by atoms with Crippen LogP contribution in [0.5, 0.6) is 5.75 Å². The lowest BCUT2D eigenvalue weighted by molar-refractivity contribution is -0.385. The molecule has 8 heteroatoms. The molecule has 0 unspecified atom stereocenters. The van der Waals surface area contributed by atoms with Gasteiger partial charge < -0.3 is 5.11 Å². The standard InChI is InChI=1S/C10H11NO6S/c1-2-17-18(15,16)6-5-8-3-4-10(12)9(7-8)11(13)14/h3-7,12H,2H2,1H3/b6-5+. The minimum atomic E-state index is -3.79. The Morgan fingerprint density at radius 2 is 2.17 bits per heavy atom. The Kier molecular flexibility index (Phi) is 4.40. The van der Waals surface area contributed by atoms with Gasteiger partial charge in [0.05, 0.1) is 16.9 Å². The number of benzene rings is 1. The van der Waals surface area contributed by atoms with E-state index in [4.69, 9.17) is 0 Å². The fraction of sp³-hybridized carbons (Fsp3) is 0.200. The quantitative estimate of drug-likeness (QED) is 0.496. The lowest BCUT2D eigenvalue weighted by Crippen LogP contribution is -2.00. The molecular formula is C10H11NO6S. The molecule has 0 atom stereocenters. The van der Waals surface area contributed by atoms with Crippen LogP contribution in [0.1, 0.15) is 12.5 Å². The summed E-state index contributed by atoms with van der Waals surface area (Å²) < 4.78 is 26.8. The first-order valence-corrected chi connectivity index (χ1v) is 6.38. The highest BCUT2D eigenvalue weighted by atomic mass is 32.2. The molecule has 98 valence electrons. The Balaban J connectivity index is 3.03. The molecule has 1 aromatic rings. The third kappa shape index (κ3) is 3.82. The van der Waals surface area contributed by atoms with Crippen LogP contribution in [0.25, 0.3) is 6.08 Å². The highest BCUT2D eigenvalue weighted by Crippen LogP contribution is 2.26. The van der Waals surface area contributed by atoms with E-state index in [2.05, 4.69) is 4.18 Å². The molecule has 1 N–H and O–H groups in total. The Morgan fingerprint density at radius 3 is 2.72 bits per heavy atom. The number of nitro groups is 1. The van der Waals surface area contributed by atoms with Gasteiger partial charge in [0.25, 0.3) is 10.1 Å². The largest absolute Gasteiger partial charge is 0.502 e. The molecule has 0 saturated carbocycles. The zero-order valence-electron chi connectivity index (χ0n) is 9.44. The second kappa shape index (κ2) is 5.61. The van der Waals surface area contributed by atoms with Crippen molar-refractivity contribution in [2.75, 3.05) is 6.61 Å². The van der Waals surface area contributed by atoms with Crippen molar-refractivity contribution in [3.05, 3.63) is 39.3 Å². The first kappa shape index (κ1) is 14.1. The first-order chi connectivity index (χ1) is 8.35. The predicted octanol–water partition coefficient (Wildman–Crippen LogP) is 1.64. The summed E-state index contributed by atoms with van der Waals surface area (Å²) in [5.41, 5.74) is -0.228. The Hall–Kier alpha value is -1.93. The molecular weight excluding hydrogens is 262 g/mol. The van der Waals surface area contributed by atoms with Crippen molar-refractivity contribution in [1.82, 2.24) is 0 Å². The Labute approximate surface area is 104 Å². The SMILES string of the molecule is CCOS(=O)(=O)/C=C/c1ccc(O)c([N+](=O)[O-])c1. The third-order valence-electron chi connectivity index (χ3n) is 1.91.